The number of fused-ring (bicyclic) bond motifs is 1. The number of hydrogen-bond acceptors (Lipinski definition) is 2. The molecule has 1 heterocycles. The zero-order valence-electron chi connectivity index (χ0n) is 11.5. The molecule has 0 radical (unpaired) electrons. The van der Waals surface area contributed by atoms with E-state index in [0.29, 0.717) is 28.5 Å². The van der Waals surface area contributed by atoms with Crippen molar-refractivity contribution in [1.29, 1.82) is 0 Å². The summed E-state index contributed by atoms with van der Waals surface area (Å²) in [6.07, 6.45) is 0.878. The third-order valence-electron chi connectivity index (χ3n) is 3.36. The second kappa shape index (κ2) is 5.37. The van der Waals surface area contributed by atoms with E-state index >= 15 is 0 Å². The molecule has 5 heteroatoms. The number of phenolic OH excluding ortho intramolecular Hbond substituents is 1. The number of rotatable bonds is 3. The summed E-state index contributed by atoms with van der Waals surface area (Å²) >= 11 is 5.87. The molecule has 0 spiro atoms. The van der Waals surface area contributed by atoms with E-state index in [1.54, 1.807) is 18.2 Å². The molecule has 0 aliphatic rings. The Bertz CT molecular complexity index is 813. The Balaban J connectivity index is 2.28. The number of phenols is 1. The van der Waals surface area contributed by atoms with E-state index in [2.05, 4.69) is 4.98 Å². The first-order valence-corrected chi connectivity index (χ1v) is 7.12. The lowest BCUT2D eigenvalue weighted by atomic mass is 10.2. The van der Waals surface area contributed by atoms with Gasteiger partial charge < -0.3 is 9.67 Å². The predicted octanol–water partition coefficient (Wildman–Crippen LogP) is 4.61. The fourth-order valence-corrected chi connectivity index (χ4v) is 2.61. The number of halogens is 2. The first-order valence-electron chi connectivity index (χ1n) is 6.75. The lowest BCUT2D eigenvalue weighted by molar-refractivity contribution is 0.476. The number of benzene rings is 2. The molecule has 0 saturated heterocycles. The van der Waals surface area contributed by atoms with Gasteiger partial charge in [0.1, 0.15) is 17.4 Å². The van der Waals surface area contributed by atoms with Crippen molar-refractivity contribution in [3.05, 3.63) is 47.2 Å². The van der Waals surface area contributed by atoms with E-state index in [1.807, 2.05) is 11.5 Å². The van der Waals surface area contributed by atoms with Crippen molar-refractivity contribution in [2.24, 2.45) is 0 Å². The largest absolute Gasteiger partial charge is 0.507 e. The van der Waals surface area contributed by atoms with Gasteiger partial charge in [-0.1, -0.05) is 18.5 Å². The summed E-state index contributed by atoms with van der Waals surface area (Å²) in [5.74, 6) is 0.383. The zero-order valence-corrected chi connectivity index (χ0v) is 12.2. The van der Waals surface area contributed by atoms with Gasteiger partial charge in [-0.15, -0.1) is 0 Å². The summed E-state index contributed by atoms with van der Waals surface area (Å²) < 4.78 is 15.4. The number of nitrogens with zero attached hydrogens (tertiary/aromatic N) is 2. The van der Waals surface area contributed by atoms with E-state index < -0.39 is 0 Å². The molecule has 3 nitrogen and oxygen atoms in total. The van der Waals surface area contributed by atoms with Crippen LogP contribution >= 0.6 is 11.6 Å². The summed E-state index contributed by atoms with van der Waals surface area (Å²) in [7, 11) is 0. The van der Waals surface area contributed by atoms with Crippen molar-refractivity contribution in [3.63, 3.8) is 0 Å². The Morgan fingerprint density at radius 1 is 1.24 bits per heavy atom. The fourth-order valence-electron chi connectivity index (χ4n) is 2.45. The van der Waals surface area contributed by atoms with Gasteiger partial charge in [-0.25, -0.2) is 9.37 Å². The molecule has 0 aliphatic carbocycles. The molecule has 1 N–H and O–H groups in total. The molecule has 3 rings (SSSR count). The number of imidazole rings is 1. The minimum Gasteiger partial charge on any atom is -0.507 e. The van der Waals surface area contributed by atoms with Gasteiger partial charge in [-0.3, -0.25) is 0 Å². The van der Waals surface area contributed by atoms with Crippen LogP contribution in [0.4, 0.5) is 4.39 Å². The van der Waals surface area contributed by atoms with Crippen LogP contribution in [0.3, 0.4) is 0 Å². The third kappa shape index (κ3) is 2.47. The molecule has 0 fully saturated rings. The fraction of sp³-hybridized carbons (Fsp3) is 0.188. The molecule has 1 aromatic heterocycles. The van der Waals surface area contributed by atoms with Crippen LogP contribution in [0.15, 0.2) is 36.4 Å². The Kier molecular flexibility index (Phi) is 3.55. The third-order valence-corrected chi connectivity index (χ3v) is 3.59. The molecule has 2 aromatic carbocycles. The van der Waals surface area contributed by atoms with Crippen molar-refractivity contribution < 1.29 is 9.50 Å². The van der Waals surface area contributed by atoms with Crippen LogP contribution in [0, 0.1) is 5.82 Å². The Labute approximate surface area is 126 Å². The highest BCUT2D eigenvalue weighted by Crippen LogP contribution is 2.33. The van der Waals surface area contributed by atoms with Crippen LogP contribution in [0.1, 0.15) is 13.3 Å². The maximum atomic E-state index is 13.5. The van der Waals surface area contributed by atoms with E-state index in [1.165, 1.54) is 18.2 Å². The van der Waals surface area contributed by atoms with Gasteiger partial charge in [0, 0.05) is 11.6 Å². The van der Waals surface area contributed by atoms with Gasteiger partial charge in [0.25, 0.3) is 0 Å². The van der Waals surface area contributed by atoms with Gasteiger partial charge >= 0.3 is 0 Å². The first kappa shape index (κ1) is 13.9. The van der Waals surface area contributed by atoms with Crippen molar-refractivity contribution in [1.82, 2.24) is 9.55 Å². The number of aromatic hydroxyl groups is 1. The molecule has 0 atom stereocenters. The molecule has 0 saturated carbocycles. The topological polar surface area (TPSA) is 38.0 Å². The quantitative estimate of drug-likeness (QED) is 0.767. The van der Waals surface area contributed by atoms with E-state index in [0.717, 1.165) is 11.9 Å². The van der Waals surface area contributed by atoms with Crippen LogP contribution in [-0.2, 0) is 6.54 Å². The molecule has 0 unspecified atom stereocenters. The summed E-state index contributed by atoms with van der Waals surface area (Å²) in [5.41, 5.74) is 2.01. The highest BCUT2D eigenvalue weighted by molar-refractivity contribution is 6.30. The van der Waals surface area contributed by atoms with Gasteiger partial charge in [-0.2, -0.15) is 0 Å². The average Bonchev–Trinajstić information content (AvgIpc) is 2.78. The van der Waals surface area contributed by atoms with Gasteiger partial charge in [-0.05, 0) is 42.8 Å². The summed E-state index contributed by atoms with van der Waals surface area (Å²) in [5, 5.41) is 10.6. The average molecular weight is 305 g/mol. The standard InChI is InChI=1S/C16H14ClFN2O/c1-2-7-20-14-9-11(18)4-6-13(14)19-16(20)12-5-3-10(17)8-15(12)21/h3-6,8-9,21H,2,7H2,1H3. The predicted molar refractivity (Wildman–Crippen MR) is 82.1 cm³/mol. The molecular formula is C16H14ClFN2O. The molecule has 0 bridgehead atoms. The summed E-state index contributed by atoms with van der Waals surface area (Å²) in [6.45, 7) is 2.73. The normalized spacial score (nSPS) is 11.2. The zero-order chi connectivity index (χ0) is 15.0. The molecule has 108 valence electrons. The maximum Gasteiger partial charge on any atom is 0.144 e. The summed E-state index contributed by atoms with van der Waals surface area (Å²) in [4.78, 5) is 4.53. The van der Waals surface area contributed by atoms with Gasteiger partial charge in [0.2, 0.25) is 0 Å². The van der Waals surface area contributed by atoms with Crippen molar-refractivity contribution in [3.8, 4) is 17.1 Å². The Hall–Kier alpha value is -2.07. The number of aryl methyl sites for hydroxylation is 1. The van der Waals surface area contributed by atoms with Crippen LogP contribution in [-0.4, -0.2) is 14.7 Å². The number of aromatic nitrogens is 2. The smallest absolute Gasteiger partial charge is 0.144 e. The molecule has 0 aliphatic heterocycles. The molecular weight excluding hydrogens is 291 g/mol. The Morgan fingerprint density at radius 3 is 2.76 bits per heavy atom. The first-order chi connectivity index (χ1) is 10.1. The van der Waals surface area contributed by atoms with Crippen LogP contribution in [0.2, 0.25) is 5.02 Å². The Morgan fingerprint density at radius 2 is 2.05 bits per heavy atom. The van der Waals surface area contributed by atoms with E-state index in [4.69, 9.17) is 11.6 Å². The minimum absolute atomic E-state index is 0.0654. The summed E-state index contributed by atoms with van der Waals surface area (Å²) in [6, 6.07) is 9.40. The van der Waals surface area contributed by atoms with Gasteiger partial charge in [0.15, 0.2) is 0 Å². The second-order valence-corrected chi connectivity index (χ2v) is 5.32. The maximum absolute atomic E-state index is 13.5. The van der Waals surface area contributed by atoms with Crippen molar-refractivity contribution in [2.45, 2.75) is 19.9 Å². The van der Waals surface area contributed by atoms with Crippen molar-refractivity contribution in [2.75, 3.05) is 0 Å². The van der Waals surface area contributed by atoms with Crippen LogP contribution in [0.25, 0.3) is 22.4 Å². The van der Waals surface area contributed by atoms with Crippen LogP contribution < -0.4 is 0 Å². The lowest BCUT2D eigenvalue weighted by Gasteiger charge is -2.09. The van der Waals surface area contributed by atoms with Gasteiger partial charge in [0.05, 0.1) is 16.6 Å². The highest BCUT2D eigenvalue weighted by Gasteiger charge is 2.15. The molecule has 0 amide bonds. The number of hydrogen-bond donors (Lipinski definition) is 1. The SMILES string of the molecule is CCCn1c(-c2ccc(Cl)cc2O)nc2ccc(F)cc21. The van der Waals surface area contributed by atoms with E-state index in [9.17, 15) is 9.50 Å². The second-order valence-electron chi connectivity index (χ2n) is 4.88. The molecule has 21 heavy (non-hydrogen) atoms. The van der Waals surface area contributed by atoms with Crippen LogP contribution in [0.5, 0.6) is 5.75 Å². The minimum atomic E-state index is -0.299. The van der Waals surface area contributed by atoms with Crippen molar-refractivity contribution >= 4 is 22.6 Å². The van der Waals surface area contributed by atoms with E-state index in [-0.39, 0.29) is 11.6 Å². The highest BCUT2D eigenvalue weighted by atomic mass is 35.5. The lowest BCUT2D eigenvalue weighted by Crippen LogP contribution is -2.00. The molecule has 3 aromatic rings. The monoisotopic (exact) mass is 304 g/mol.